The molecule has 0 unspecified atom stereocenters. The molecule has 0 bridgehead atoms. The summed E-state index contributed by atoms with van der Waals surface area (Å²) in [5.41, 5.74) is 2.05. The molecule has 6 rings (SSSR count). The number of piperidine rings is 2. The van der Waals surface area contributed by atoms with Gasteiger partial charge < -0.3 is 33.7 Å². The van der Waals surface area contributed by atoms with E-state index in [1.165, 1.54) is 0 Å². The second-order valence-electron chi connectivity index (χ2n) is 8.28. The van der Waals surface area contributed by atoms with E-state index in [0.717, 1.165) is 74.4 Å². The van der Waals surface area contributed by atoms with Crippen LogP contribution in [0.15, 0.2) is 12.5 Å². The summed E-state index contributed by atoms with van der Waals surface area (Å²) in [5.74, 6) is 0.240. The van der Waals surface area contributed by atoms with Crippen molar-refractivity contribution >= 4 is 22.5 Å². The van der Waals surface area contributed by atoms with Gasteiger partial charge in [-0.1, -0.05) is 0 Å². The fourth-order valence-electron chi connectivity index (χ4n) is 5.14. The Balaban J connectivity index is 1.26. The Morgan fingerprint density at radius 2 is 1.31 bits per heavy atom. The maximum Gasteiger partial charge on any atom is 0.171 e. The first-order valence-corrected chi connectivity index (χ1v) is 10.6. The summed E-state index contributed by atoms with van der Waals surface area (Å²) in [6, 6.07) is 0. The molecule has 2 aromatic rings. The molecule has 4 aliphatic rings. The highest BCUT2D eigenvalue weighted by molar-refractivity contribution is 5.99. The van der Waals surface area contributed by atoms with Crippen LogP contribution in [0.4, 0.5) is 11.5 Å². The zero-order valence-corrected chi connectivity index (χ0v) is 16.6. The van der Waals surface area contributed by atoms with E-state index in [4.69, 9.17) is 18.9 Å². The Labute approximate surface area is 169 Å². The molecule has 6 heterocycles. The van der Waals surface area contributed by atoms with Crippen molar-refractivity contribution in [3.05, 3.63) is 12.5 Å². The second kappa shape index (κ2) is 6.80. The lowest BCUT2D eigenvalue weighted by atomic mass is 10.0. The summed E-state index contributed by atoms with van der Waals surface area (Å²) in [5, 5.41) is 1.10. The Kier molecular flexibility index (Phi) is 4.19. The van der Waals surface area contributed by atoms with Crippen LogP contribution in [0.5, 0.6) is 0 Å². The standard InChI is InChI=1S/C20H27N5O4/c1-5-24(6-2-19(1)26-9-10-27-19)15-13-21-17-16(15)18(23-14-22-17)25-7-3-20(4-8-25)28-11-12-29-20/h13-14H,1-12H2,(H,21,22,23). The number of nitrogens with zero attached hydrogens (tertiary/aromatic N) is 4. The third-order valence-electron chi connectivity index (χ3n) is 6.75. The van der Waals surface area contributed by atoms with Crippen molar-refractivity contribution in [3.8, 4) is 0 Å². The van der Waals surface area contributed by atoms with Crippen LogP contribution in [-0.2, 0) is 18.9 Å². The van der Waals surface area contributed by atoms with Crippen molar-refractivity contribution in [2.75, 3.05) is 62.4 Å². The quantitative estimate of drug-likeness (QED) is 0.813. The zero-order chi connectivity index (χ0) is 19.3. The van der Waals surface area contributed by atoms with E-state index in [0.29, 0.717) is 26.4 Å². The van der Waals surface area contributed by atoms with Gasteiger partial charge in [-0.15, -0.1) is 0 Å². The first-order chi connectivity index (χ1) is 14.3. The van der Waals surface area contributed by atoms with Crippen LogP contribution in [0.25, 0.3) is 11.0 Å². The van der Waals surface area contributed by atoms with Crippen molar-refractivity contribution in [2.45, 2.75) is 37.3 Å². The molecule has 9 heteroatoms. The molecule has 0 aromatic carbocycles. The molecule has 2 spiro atoms. The lowest BCUT2D eigenvalue weighted by Gasteiger charge is -2.39. The molecule has 9 nitrogen and oxygen atoms in total. The van der Waals surface area contributed by atoms with E-state index in [1.807, 2.05) is 0 Å². The number of hydrogen-bond donors (Lipinski definition) is 1. The molecule has 2 aromatic heterocycles. The van der Waals surface area contributed by atoms with Gasteiger partial charge in [0.1, 0.15) is 17.8 Å². The van der Waals surface area contributed by atoms with Crippen LogP contribution >= 0.6 is 0 Å². The van der Waals surface area contributed by atoms with Gasteiger partial charge in [0.15, 0.2) is 11.6 Å². The molecule has 4 saturated heterocycles. The maximum absolute atomic E-state index is 5.89. The van der Waals surface area contributed by atoms with Gasteiger partial charge in [-0.2, -0.15) is 0 Å². The highest BCUT2D eigenvalue weighted by atomic mass is 16.7. The largest absolute Gasteiger partial charge is 0.369 e. The van der Waals surface area contributed by atoms with Gasteiger partial charge in [0.25, 0.3) is 0 Å². The SMILES string of the molecule is c1nc(N2CCC3(CC2)OCCO3)c2c(N3CCC4(CC3)OCCO4)c[nH]c2n1. The van der Waals surface area contributed by atoms with E-state index < -0.39 is 0 Å². The highest BCUT2D eigenvalue weighted by Gasteiger charge is 2.42. The molecule has 0 amide bonds. The number of anilines is 2. The number of ether oxygens (including phenoxy) is 4. The third-order valence-corrected chi connectivity index (χ3v) is 6.75. The Morgan fingerprint density at radius 3 is 1.90 bits per heavy atom. The lowest BCUT2D eigenvalue weighted by Crippen LogP contribution is -2.46. The predicted octanol–water partition coefficient (Wildman–Crippen LogP) is 1.64. The summed E-state index contributed by atoms with van der Waals surface area (Å²) in [6.45, 7) is 6.32. The minimum Gasteiger partial charge on any atom is -0.369 e. The number of hydrogen-bond acceptors (Lipinski definition) is 8. The van der Waals surface area contributed by atoms with Gasteiger partial charge in [-0.3, -0.25) is 0 Å². The number of nitrogens with one attached hydrogen (secondary N) is 1. The number of aromatic nitrogens is 3. The first kappa shape index (κ1) is 17.9. The van der Waals surface area contributed by atoms with Crippen molar-refractivity contribution in [2.24, 2.45) is 0 Å². The minimum absolute atomic E-state index is 0.371. The molecule has 1 N–H and O–H groups in total. The molecule has 29 heavy (non-hydrogen) atoms. The topological polar surface area (TPSA) is 85.0 Å². The summed E-state index contributed by atoms with van der Waals surface area (Å²) in [7, 11) is 0. The van der Waals surface area contributed by atoms with Crippen LogP contribution < -0.4 is 9.80 Å². The van der Waals surface area contributed by atoms with E-state index in [2.05, 4.69) is 30.9 Å². The molecule has 0 aliphatic carbocycles. The Morgan fingerprint density at radius 1 is 0.759 bits per heavy atom. The molecule has 156 valence electrons. The van der Waals surface area contributed by atoms with Crippen LogP contribution in [0.1, 0.15) is 25.7 Å². The van der Waals surface area contributed by atoms with Crippen LogP contribution in [0, 0.1) is 0 Å². The molecule has 0 atom stereocenters. The highest BCUT2D eigenvalue weighted by Crippen LogP contribution is 2.40. The lowest BCUT2D eigenvalue weighted by molar-refractivity contribution is -0.169. The van der Waals surface area contributed by atoms with E-state index in [-0.39, 0.29) is 11.6 Å². The van der Waals surface area contributed by atoms with E-state index in [9.17, 15) is 0 Å². The third kappa shape index (κ3) is 2.99. The average Bonchev–Trinajstić information content (AvgIpc) is 3.50. The fraction of sp³-hybridized carbons (Fsp3) is 0.700. The van der Waals surface area contributed by atoms with Gasteiger partial charge in [0.2, 0.25) is 0 Å². The van der Waals surface area contributed by atoms with E-state index in [1.54, 1.807) is 6.33 Å². The zero-order valence-electron chi connectivity index (χ0n) is 16.6. The monoisotopic (exact) mass is 401 g/mol. The molecule has 4 aliphatic heterocycles. The van der Waals surface area contributed by atoms with Gasteiger partial charge in [0.05, 0.1) is 37.5 Å². The number of rotatable bonds is 2. The van der Waals surface area contributed by atoms with Crippen molar-refractivity contribution in [1.82, 2.24) is 15.0 Å². The fourth-order valence-corrected chi connectivity index (χ4v) is 5.14. The number of aromatic amines is 1. The van der Waals surface area contributed by atoms with Crippen molar-refractivity contribution in [3.63, 3.8) is 0 Å². The molecular weight excluding hydrogens is 374 g/mol. The summed E-state index contributed by atoms with van der Waals surface area (Å²) in [6.07, 6.45) is 7.19. The summed E-state index contributed by atoms with van der Waals surface area (Å²) < 4.78 is 23.5. The Bertz CT molecular complexity index is 870. The average molecular weight is 401 g/mol. The summed E-state index contributed by atoms with van der Waals surface area (Å²) >= 11 is 0. The smallest absolute Gasteiger partial charge is 0.171 e. The van der Waals surface area contributed by atoms with Gasteiger partial charge in [-0.05, 0) is 0 Å². The summed E-state index contributed by atoms with van der Waals surface area (Å²) in [4.78, 5) is 17.2. The van der Waals surface area contributed by atoms with E-state index >= 15 is 0 Å². The Hall–Kier alpha value is -1.94. The van der Waals surface area contributed by atoms with Gasteiger partial charge >= 0.3 is 0 Å². The predicted molar refractivity (Wildman–Crippen MR) is 106 cm³/mol. The normalized spacial score (nSPS) is 26.2. The number of H-pyrrole nitrogens is 1. The molecule has 4 fully saturated rings. The van der Waals surface area contributed by atoms with Gasteiger partial charge in [-0.25, -0.2) is 9.97 Å². The second-order valence-corrected chi connectivity index (χ2v) is 8.28. The van der Waals surface area contributed by atoms with Gasteiger partial charge in [0, 0.05) is 58.1 Å². The maximum atomic E-state index is 5.89. The van der Waals surface area contributed by atoms with Crippen molar-refractivity contribution in [1.29, 1.82) is 0 Å². The minimum atomic E-state index is -0.383. The molecule has 0 saturated carbocycles. The van der Waals surface area contributed by atoms with Crippen LogP contribution in [-0.4, -0.2) is 79.1 Å². The molecule has 0 radical (unpaired) electrons. The first-order valence-electron chi connectivity index (χ1n) is 10.6. The van der Waals surface area contributed by atoms with Crippen LogP contribution in [0.2, 0.25) is 0 Å². The molecular formula is C20H27N5O4. The van der Waals surface area contributed by atoms with Crippen molar-refractivity contribution < 1.29 is 18.9 Å². The van der Waals surface area contributed by atoms with Crippen LogP contribution in [0.3, 0.4) is 0 Å². The number of fused-ring (bicyclic) bond motifs is 1.